The van der Waals surface area contributed by atoms with Crippen LogP contribution in [-0.2, 0) is 0 Å². The van der Waals surface area contributed by atoms with Crippen molar-refractivity contribution in [2.45, 2.75) is 25.9 Å². The van der Waals surface area contributed by atoms with E-state index in [1.54, 1.807) is 25.1 Å². The number of aliphatic hydroxyl groups is 1. The summed E-state index contributed by atoms with van der Waals surface area (Å²) in [5.41, 5.74) is 0.508. The predicted molar refractivity (Wildman–Crippen MR) is 71.7 cm³/mol. The molecule has 1 aliphatic heterocycles. The lowest BCUT2D eigenvalue weighted by Gasteiger charge is -2.31. The molecule has 1 atom stereocenters. The maximum absolute atomic E-state index is 11.3. The van der Waals surface area contributed by atoms with Gasteiger partial charge in [0.1, 0.15) is 5.69 Å². The zero-order valence-electron chi connectivity index (χ0n) is 10.9. The molecule has 104 valence electrons. The number of nitro benzene ring substituents is 1. The van der Waals surface area contributed by atoms with Gasteiger partial charge in [-0.05, 0) is 31.9 Å². The quantitative estimate of drug-likeness (QED) is 0.666. The van der Waals surface area contributed by atoms with Gasteiger partial charge in [-0.3, -0.25) is 10.1 Å². The van der Waals surface area contributed by atoms with Crippen LogP contribution in [0.25, 0.3) is 0 Å². The zero-order valence-corrected chi connectivity index (χ0v) is 10.9. The van der Waals surface area contributed by atoms with Crippen molar-refractivity contribution in [3.05, 3.63) is 28.3 Å². The normalized spacial score (nSPS) is 19.3. The Morgan fingerprint density at radius 2 is 2.37 bits per heavy atom. The van der Waals surface area contributed by atoms with Gasteiger partial charge in [0.15, 0.2) is 5.75 Å². The summed E-state index contributed by atoms with van der Waals surface area (Å²) < 4.78 is 5.33. The number of ether oxygens (including phenoxy) is 1. The molecule has 1 aromatic rings. The second kappa shape index (κ2) is 5.88. The Balaban J connectivity index is 2.38. The number of piperidine rings is 1. The van der Waals surface area contributed by atoms with Crippen LogP contribution in [0.4, 0.5) is 11.4 Å². The summed E-state index contributed by atoms with van der Waals surface area (Å²) in [5, 5.41) is 21.0. The second-order valence-electron chi connectivity index (χ2n) is 4.56. The van der Waals surface area contributed by atoms with E-state index in [2.05, 4.69) is 0 Å². The van der Waals surface area contributed by atoms with E-state index in [9.17, 15) is 15.2 Å². The monoisotopic (exact) mass is 266 g/mol. The van der Waals surface area contributed by atoms with Gasteiger partial charge in [0.2, 0.25) is 0 Å². The Bertz CT molecular complexity index is 464. The van der Waals surface area contributed by atoms with Crippen LogP contribution in [0.15, 0.2) is 18.2 Å². The highest BCUT2D eigenvalue weighted by Crippen LogP contribution is 2.38. The van der Waals surface area contributed by atoms with Crippen LogP contribution in [0.3, 0.4) is 0 Å². The van der Waals surface area contributed by atoms with Crippen LogP contribution in [-0.4, -0.2) is 35.8 Å². The van der Waals surface area contributed by atoms with E-state index in [-0.39, 0.29) is 11.4 Å². The third-order valence-corrected chi connectivity index (χ3v) is 3.20. The largest absolute Gasteiger partial charge is 0.487 e. The average molecular weight is 266 g/mol. The Morgan fingerprint density at radius 1 is 1.58 bits per heavy atom. The van der Waals surface area contributed by atoms with Crippen molar-refractivity contribution < 1.29 is 14.8 Å². The predicted octanol–water partition coefficient (Wildman–Crippen LogP) is 1.95. The molecule has 0 spiro atoms. The Hall–Kier alpha value is -1.82. The number of para-hydroxylation sites is 1. The van der Waals surface area contributed by atoms with Gasteiger partial charge < -0.3 is 14.7 Å². The van der Waals surface area contributed by atoms with E-state index >= 15 is 0 Å². The molecule has 1 N–H and O–H groups in total. The lowest BCUT2D eigenvalue weighted by atomic mass is 10.1. The van der Waals surface area contributed by atoms with E-state index < -0.39 is 11.0 Å². The van der Waals surface area contributed by atoms with Crippen LogP contribution in [0.2, 0.25) is 0 Å². The minimum absolute atomic E-state index is 0.0153. The molecule has 0 saturated carbocycles. The molecule has 0 amide bonds. The average Bonchev–Trinajstić information content (AvgIpc) is 2.38. The van der Waals surface area contributed by atoms with Crippen molar-refractivity contribution in [2.24, 2.45) is 0 Å². The molecule has 1 saturated heterocycles. The molecule has 1 heterocycles. The summed E-state index contributed by atoms with van der Waals surface area (Å²) in [4.78, 5) is 12.7. The standard InChI is InChI=1S/C13H18N2O4/c1-2-19-12-7-3-6-11(13(12)15(17)18)14-8-4-5-10(16)9-14/h3,6-7,10,16H,2,4-5,8-9H2,1H3/t10-/m0/s1. The lowest BCUT2D eigenvalue weighted by molar-refractivity contribution is -0.385. The molecule has 0 aromatic heterocycles. The number of β-amino-alcohol motifs (C(OH)–C–C–N with tert-alkyl or cyclic N) is 1. The van der Waals surface area contributed by atoms with Gasteiger partial charge in [0.05, 0.1) is 17.6 Å². The van der Waals surface area contributed by atoms with Crippen molar-refractivity contribution >= 4 is 11.4 Å². The van der Waals surface area contributed by atoms with E-state index in [1.165, 1.54) is 0 Å². The summed E-state index contributed by atoms with van der Waals surface area (Å²) in [6.07, 6.45) is 1.15. The molecule has 6 nitrogen and oxygen atoms in total. The van der Waals surface area contributed by atoms with Crippen molar-refractivity contribution in [1.29, 1.82) is 0 Å². The van der Waals surface area contributed by atoms with Crippen molar-refractivity contribution in [1.82, 2.24) is 0 Å². The SMILES string of the molecule is CCOc1cccc(N2CCC[C@H](O)C2)c1[N+](=O)[O-]. The summed E-state index contributed by atoms with van der Waals surface area (Å²) in [6.45, 7) is 3.32. The number of nitro groups is 1. The molecule has 0 aliphatic carbocycles. The van der Waals surface area contributed by atoms with Gasteiger partial charge in [-0.2, -0.15) is 0 Å². The van der Waals surface area contributed by atoms with Gasteiger partial charge in [-0.25, -0.2) is 0 Å². The van der Waals surface area contributed by atoms with Crippen LogP contribution in [0, 0.1) is 10.1 Å². The molecular formula is C13H18N2O4. The first-order chi connectivity index (χ1) is 9.13. The van der Waals surface area contributed by atoms with Crippen molar-refractivity contribution in [2.75, 3.05) is 24.6 Å². The number of hydrogen-bond donors (Lipinski definition) is 1. The van der Waals surface area contributed by atoms with E-state index in [0.717, 1.165) is 12.8 Å². The van der Waals surface area contributed by atoms with E-state index in [4.69, 9.17) is 4.74 Å². The number of aliphatic hydroxyl groups excluding tert-OH is 1. The third kappa shape index (κ3) is 2.96. The maximum atomic E-state index is 11.3. The molecule has 1 aromatic carbocycles. The van der Waals surface area contributed by atoms with Gasteiger partial charge in [0, 0.05) is 13.1 Å². The van der Waals surface area contributed by atoms with Crippen LogP contribution < -0.4 is 9.64 Å². The molecule has 2 rings (SSSR count). The second-order valence-corrected chi connectivity index (χ2v) is 4.56. The fourth-order valence-corrected chi connectivity index (χ4v) is 2.39. The van der Waals surface area contributed by atoms with Crippen molar-refractivity contribution in [3.63, 3.8) is 0 Å². The zero-order chi connectivity index (χ0) is 13.8. The minimum Gasteiger partial charge on any atom is -0.487 e. The molecule has 6 heteroatoms. The first-order valence-electron chi connectivity index (χ1n) is 6.46. The van der Waals surface area contributed by atoms with Gasteiger partial charge in [0.25, 0.3) is 0 Å². The molecule has 1 aliphatic rings. The Kier molecular flexibility index (Phi) is 4.21. The first kappa shape index (κ1) is 13.6. The van der Waals surface area contributed by atoms with Crippen molar-refractivity contribution in [3.8, 4) is 5.75 Å². The van der Waals surface area contributed by atoms with E-state index in [1.807, 2.05) is 4.90 Å². The maximum Gasteiger partial charge on any atom is 0.333 e. The number of nitrogens with zero attached hydrogens (tertiary/aromatic N) is 2. The Morgan fingerprint density at radius 3 is 3.00 bits per heavy atom. The smallest absolute Gasteiger partial charge is 0.333 e. The topological polar surface area (TPSA) is 75.8 Å². The molecule has 19 heavy (non-hydrogen) atoms. The Labute approximate surface area is 111 Å². The summed E-state index contributed by atoms with van der Waals surface area (Å²) in [7, 11) is 0. The number of benzene rings is 1. The van der Waals surface area contributed by atoms with Gasteiger partial charge in [-0.15, -0.1) is 0 Å². The number of hydrogen-bond acceptors (Lipinski definition) is 5. The summed E-state index contributed by atoms with van der Waals surface area (Å²) in [5.74, 6) is 0.282. The van der Waals surface area contributed by atoms with Gasteiger partial charge >= 0.3 is 5.69 Å². The van der Waals surface area contributed by atoms with Gasteiger partial charge in [-0.1, -0.05) is 6.07 Å². The summed E-state index contributed by atoms with van der Waals surface area (Å²) >= 11 is 0. The third-order valence-electron chi connectivity index (χ3n) is 3.20. The molecule has 0 radical (unpaired) electrons. The fourth-order valence-electron chi connectivity index (χ4n) is 2.39. The highest BCUT2D eigenvalue weighted by molar-refractivity contribution is 5.70. The van der Waals surface area contributed by atoms with Crippen LogP contribution in [0.5, 0.6) is 5.75 Å². The van der Waals surface area contributed by atoms with Crippen LogP contribution in [0.1, 0.15) is 19.8 Å². The molecule has 0 unspecified atom stereocenters. The molecular weight excluding hydrogens is 248 g/mol. The number of anilines is 1. The van der Waals surface area contributed by atoms with E-state index in [0.29, 0.717) is 25.4 Å². The highest BCUT2D eigenvalue weighted by atomic mass is 16.6. The number of rotatable bonds is 4. The lowest BCUT2D eigenvalue weighted by Crippen LogP contribution is -2.38. The fraction of sp³-hybridized carbons (Fsp3) is 0.538. The summed E-state index contributed by atoms with van der Waals surface area (Å²) in [6, 6.07) is 5.05. The molecule has 1 fully saturated rings. The van der Waals surface area contributed by atoms with Crippen LogP contribution >= 0.6 is 0 Å². The minimum atomic E-state index is -0.427. The first-order valence-corrected chi connectivity index (χ1v) is 6.46. The highest BCUT2D eigenvalue weighted by Gasteiger charge is 2.27. The molecule has 0 bridgehead atoms.